The number of nitrogens with one attached hydrogen (secondary N) is 1. The summed E-state index contributed by atoms with van der Waals surface area (Å²) >= 11 is 0. The average molecular weight is 271 g/mol. The predicted octanol–water partition coefficient (Wildman–Crippen LogP) is 2.45. The van der Waals surface area contributed by atoms with Crippen LogP contribution in [-0.2, 0) is 0 Å². The topological polar surface area (TPSA) is 51.5 Å². The van der Waals surface area contributed by atoms with E-state index < -0.39 is 0 Å². The quantitative estimate of drug-likeness (QED) is 0.852. The minimum absolute atomic E-state index is 0.265. The molecule has 0 radical (unpaired) electrons. The Hall–Kier alpha value is -1.81. The number of piperidine rings is 1. The van der Waals surface area contributed by atoms with Crippen LogP contribution in [0.4, 0.5) is 0 Å². The lowest BCUT2D eigenvalue weighted by molar-refractivity contribution is 0.137. The van der Waals surface area contributed by atoms with E-state index in [0.717, 1.165) is 24.0 Å². The zero-order valence-electron chi connectivity index (χ0n) is 11.2. The Bertz CT molecular complexity index is 681. The Balaban J connectivity index is 1.57. The highest BCUT2D eigenvalue weighted by Crippen LogP contribution is 2.30. The molecular formula is C16H17NO3. The van der Waals surface area contributed by atoms with Crippen LogP contribution < -0.4 is 15.7 Å². The Kier molecular flexibility index (Phi) is 2.77. The van der Waals surface area contributed by atoms with E-state index in [2.05, 4.69) is 5.32 Å². The third-order valence-electron chi connectivity index (χ3n) is 4.33. The first kappa shape index (κ1) is 12.0. The smallest absolute Gasteiger partial charge is 0.336 e. The minimum atomic E-state index is -0.324. The molecule has 2 aromatic rings. The van der Waals surface area contributed by atoms with Gasteiger partial charge in [-0.1, -0.05) is 0 Å². The summed E-state index contributed by atoms with van der Waals surface area (Å²) < 4.78 is 11.3. The van der Waals surface area contributed by atoms with Crippen LogP contribution in [0, 0.1) is 0 Å². The Morgan fingerprint density at radius 2 is 1.85 bits per heavy atom. The molecule has 0 spiro atoms. The highest BCUT2D eigenvalue weighted by atomic mass is 16.5. The van der Waals surface area contributed by atoms with E-state index in [9.17, 15) is 4.79 Å². The van der Waals surface area contributed by atoms with Crippen molar-refractivity contribution in [2.75, 3.05) is 0 Å². The summed E-state index contributed by atoms with van der Waals surface area (Å²) in [5, 5.41) is 4.52. The maximum absolute atomic E-state index is 11.3. The summed E-state index contributed by atoms with van der Waals surface area (Å²) in [6, 6.07) is 10.1. The van der Waals surface area contributed by atoms with E-state index in [4.69, 9.17) is 9.15 Å². The predicted molar refractivity (Wildman–Crippen MR) is 76.1 cm³/mol. The lowest BCUT2D eigenvalue weighted by Crippen LogP contribution is -2.42. The van der Waals surface area contributed by atoms with Crippen LogP contribution >= 0.6 is 0 Å². The summed E-state index contributed by atoms with van der Waals surface area (Å²) in [7, 11) is 0. The number of hydrogen-bond acceptors (Lipinski definition) is 4. The molecule has 0 saturated carbocycles. The van der Waals surface area contributed by atoms with Crippen molar-refractivity contribution >= 4 is 11.0 Å². The molecule has 2 saturated heterocycles. The van der Waals surface area contributed by atoms with Gasteiger partial charge in [-0.3, -0.25) is 0 Å². The maximum atomic E-state index is 11.3. The average Bonchev–Trinajstić information content (AvgIpc) is 2.77. The van der Waals surface area contributed by atoms with Crippen LogP contribution in [-0.4, -0.2) is 18.2 Å². The molecule has 1 aromatic carbocycles. The fraction of sp³-hybridized carbons (Fsp3) is 0.438. The second kappa shape index (κ2) is 4.63. The molecule has 2 aliphatic rings. The van der Waals surface area contributed by atoms with E-state index in [1.807, 2.05) is 18.2 Å². The van der Waals surface area contributed by atoms with Crippen molar-refractivity contribution in [3.63, 3.8) is 0 Å². The van der Waals surface area contributed by atoms with E-state index in [1.54, 1.807) is 6.07 Å². The fourth-order valence-corrected chi connectivity index (χ4v) is 3.41. The number of fused-ring (bicyclic) bond motifs is 3. The van der Waals surface area contributed by atoms with Gasteiger partial charge in [-0.15, -0.1) is 0 Å². The van der Waals surface area contributed by atoms with Crippen LogP contribution in [0.5, 0.6) is 5.75 Å². The number of hydrogen-bond donors (Lipinski definition) is 1. The highest BCUT2D eigenvalue weighted by Gasteiger charge is 2.34. The highest BCUT2D eigenvalue weighted by molar-refractivity contribution is 5.77. The molecule has 2 aliphatic heterocycles. The van der Waals surface area contributed by atoms with Crippen molar-refractivity contribution in [2.45, 2.75) is 43.9 Å². The molecule has 4 heteroatoms. The molecule has 2 unspecified atom stereocenters. The number of rotatable bonds is 2. The van der Waals surface area contributed by atoms with Gasteiger partial charge in [0.05, 0.1) is 0 Å². The standard InChI is InChI=1S/C16H17NO3/c18-16-6-2-10-1-5-13(9-15(10)20-16)19-14-7-11-3-4-12(8-14)17-11/h1-2,5-6,9,11-12,14,17H,3-4,7-8H2. The van der Waals surface area contributed by atoms with Crippen molar-refractivity contribution in [1.29, 1.82) is 0 Å². The monoisotopic (exact) mass is 271 g/mol. The first-order valence-electron chi connectivity index (χ1n) is 7.23. The molecule has 3 heterocycles. The number of benzene rings is 1. The van der Waals surface area contributed by atoms with E-state index in [0.29, 0.717) is 17.7 Å². The third-order valence-corrected chi connectivity index (χ3v) is 4.33. The third kappa shape index (κ3) is 2.20. The van der Waals surface area contributed by atoms with Crippen LogP contribution in [0.3, 0.4) is 0 Å². The molecule has 4 rings (SSSR count). The molecule has 2 bridgehead atoms. The van der Waals surface area contributed by atoms with Gasteiger partial charge < -0.3 is 14.5 Å². The van der Waals surface area contributed by atoms with Gasteiger partial charge in [-0.25, -0.2) is 4.79 Å². The summed E-state index contributed by atoms with van der Waals surface area (Å²) in [4.78, 5) is 11.3. The molecular weight excluding hydrogens is 254 g/mol. The molecule has 20 heavy (non-hydrogen) atoms. The van der Waals surface area contributed by atoms with Gasteiger partial charge in [0.2, 0.25) is 0 Å². The van der Waals surface area contributed by atoms with Crippen molar-refractivity contribution in [1.82, 2.24) is 5.32 Å². The second-order valence-electron chi connectivity index (χ2n) is 5.80. The van der Waals surface area contributed by atoms with Crippen molar-refractivity contribution in [2.24, 2.45) is 0 Å². The van der Waals surface area contributed by atoms with Gasteiger partial charge in [-0.2, -0.15) is 0 Å². The van der Waals surface area contributed by atoms with Crippen LogP contribution in [0.25, 0.3) is 11.0 Å². The molecule has 2 atom stereocenters. The molecule has 104 valence electrons. The fourth-order valence-electron chi connectivity index (χ4n) is 3.41. The van der Waals surface area contributed by atoms with Crippen molar-refractivity contribution in [3.8, 4) is 5.75 Å². The molecule has 4 nitrogen and oxygen atoms in total. The molecule has 1 N–H and O–H groups in total. The van der Waals surface area contributed by atoms with E-state index in [-0.39, 0.29) is 11.7 Å². The van der Waals surface area contributed by atoms with Crippen LogP contribution in [0.15, 0.2) is 39.5 Å². The first-order valence-corrected chi connectivity index (χ1v) is 7.23. The maximum Gasteiger partial charge on any atom is 0.336 e. The van der Waals surface area contributed by atoms with Crippen LogP contribution in [0.2, 0.25) is 0 Å². The lowest BCUT2D eigenvalue weighted by Gasteiger charge is -2.29. The molecule has 1 aromatic heterocycles. The lowest BCUT2D eigenvalue weighted by atomic mass is 10.0. The van der Waals surface area contributed by atoms with Gasteiger partial charge in [0.15, 0.2) is 0 Å². The molecule has 0 amide bonds. The van der Waals surface area contributed by atoms with Crippen molar-refractivity contribution in [3.05, 3.63) is 40.8 Å². The second-order valence-corrected chi connectivity index (χ2v) is 5.80. The zero-order valence-corrected chi connectivity index (χ0v) is 11.2. The summed E-state index contributed by atoms with van der Waals surface area (Å²) in [6.07, 6.45) is 4.91. The van der Waals surface area contributed by atoms with Gasteiger partial charge >= 0.3 is 5.63 Å². The summed E-state index contributed by atoms with van der Waals surface area (Å²) in [5.74, 6) is 0.790. The van der Waals surface area contributed by atoms with E-state index in [1.165, 1.54) is 18.9 Å². The van der Waals surface area contributed by atoms with Crippen LogP contribution in [0.1, 0.15) is 25.7 Å². The van der Waals surface area contributed by atoms with E-state index >= 15 is 0 Å². The summed E-state index contributed by atoms with van der Waals surface area (Å²) in [6.45, 7) is 0. The van der Waals surface area contributed by atoms with Gasteiger partial charge in [0.1, 0.15) is 17.4 Å². The normalized spacial score (nSPS) is 28.7. The SMILES string of the molecule is O=c1ccc2ccc(OC3CC4CCC(C3)N4)cc2o1. The first-order chi connectivity index (χ1) is 9.76. The Morgan fingerprint density at radius 1 is 1.10 bits per heavy atom. The number of ether oxygens (including phenoxy) is 1. The van der Waals surface area contributed by atoms with Crippen molar-refractivity contribution < 1.29 is 9.15 Å². The Labute approximate surface area is 116 Å². The largest absolute Gasteiger partial charge is 0.490 e. The van der Waals surface area contributed by atoms with Gasteiger partial charge in [0, 0.05) is 29.6 Å². The summed E-state index contributed by atoms with van der Waals surface area (Å²) in [5.41, 5.74) is 0.265. The van der Waals surface area contributed by atoms with Gasteiger partial charge in [-0.05, 0) is 43.9 Å². The van der Waals surface area contributed by atoms with Gasteiger partial charge in [0.25, 0.3) is 0 Å². The zero-order chi connectivity index (χ0) is 13.5. The Morgan fingerprint density at radius 3 is 2.65 bits per heavy atom. The minimum Gasteiger partial charge on any atom is -0.490 e. The molecule has 2 fully saturated rings. The molecule has 0 aliphatic carbocycles.